The number of hydrogen-bond donors (Lipinski definition) is 2. The predicted octanol–water partition coefficient (Wildman–Crippen LogP) is 10.5. The van der Waals surface area contributed by atoms with Gasteiger partial charge in [0, 0.05) is 5.92 Å². The third-order valence-corrected chi connectivity index (χ3v) is 10.3. The van der Waals surface area contributed by atoms with E-state index in [4.69, 9.17) is 29.4 Å². The molecule has 1 amide bonds. The monoisotopic (exact) mass is 792 g/mol. The van der Waals surface area contributed by atoms with Gasteiger partial charge in [-0.25, -0.2) is 4.79 Å². The molecule has 2 atom stereocenters. The molecule has 6 aromatic rings. The first-order chi connectivity index (χ1) is 29.0. The van der Waals surface area contributed by atoms with Crippen LogP contribution in [-0.4, -0.2) is 37.4 Å². The van der Waals surface area contributed by atoms with Crippen LogP contribution < -0.4 is 11.1 Å². The lowest BCUT2D eigenvalue weighted by Gasteiger charge is -2.27. The second-order valence-corrected chi connectivity index (χ2v) is 14.5. The van der Waals surface area contributed by atoms with Crippen LogP contribution in [0.2, 0.25) is 0 Å². The van der Waals surface area contributed by atoms with Crippen molar-refractivity contribution in [1.82, 2.24) is 5.32 Å². The van der Waals surface area contributed by atoms with Crippen LogP contribution in [0.15, 0.2) is 170 Å². The Morgan fingerprint density at radius 2 is 0.864 bits per heavy atom. The van der Waals surface area contributed by atoms with E-state index in [9.17, 15) is 4.79 Å². The quantitative estimate of drug-likeness (QED) is 0.0788. The number of carbonyl (C=O) groups excluding carboxylic acids is 1. The van der Waals surface area contributed by atoms with Crippen molar-refractivity contribution in [2.24, 2.45) is 5.73 Å². The van der Waals surface area contributed by atoms with Gasteiger partial charge in [-0.3, -0.25) is 0 Å². The second kappa shape index (κ2) is 23.1. The van der Waals surface area contributed by atoms with Gasteiger partial charge in [0.25, 0.3) is 0 Å². The van der Waals surface area contributed by atoms with E-state index in [1.807, 2.05) is 159 Å². The number of ether oxygens (including phenoxy) is 5. The van der Waals surface area contributed by atoms with Crippen LogP contribution in [0.5, 0.6) is 0 Å². The average Bonchev–Trinajstić information content (AvgIpc) is 3.62. The number of rotatable bonds is 19. The summed E-state index contributed by atoms with van der Waals surface area (Å²) in [5, 5.41) is 3.00. The number of nitrogens with one attached hydrogen (secondary N) is 1. The second-order valence-electron chi connectivity index (χ2n) is 14.5. The van der Waals surface area contributed by atoms with Gasteiger partial charge in [0.2, 0.25) is 0 Å². The van der Waals surface area contributed by atoms with Crippen molar-refractivity contribution in [3.05, 3.63) is 203 Å². The van der Waals surface area contributed by atoms with Crippen LogP contribution in [0, 0.1) is 0 Å². The van der Waals surface area contributed by atoms with E-state index >= 15 is 0 Å². The number of nitrogens with two attached hydrogens (primary N) is 1. The summed E-state index contributed by atoms with van der Waals surface area (Å²) < 4.78 is 29.9. The van der Waals surface area contributed by atoms with Gasteiger partial charge in [-0.2, -0.15) is 0 Å². The largest absolute Gasteiger partial charge is 0.449 e. The highest BCUT2D eigenvalue weighted by Crippen LogP contribution is 2.44. The van der Waals surface area contributed by atoms with Gasteiger partial charge >= 0.3 is 6.09 Å². The third kappa shape index (κ3) is 12.9. The molecule has 0 heterocycles. The van der Waals surface area contributed by atoms with E-state index < -0.39 is 18.7 Å². The maximum atomic E-state index is 13.0. The van der Waals surface area contributed by atoms with Crippen molar-refractivity contribution in [2.45, 2.75) is 83.7 Å². The molecule has 1 aliphatic rings. The fourth-order valence-electron chi connectivity index (χ4n) is 6.93. The number of amides is 1. The van der Waals surface area contributed by atoms with E-state index in [2.05, 4.69) is 29.6 Å². The number of benzene rings is 6. The summed E-state index contributed by atoms with van der Waals surface area (Å²) in [7, 11) is 0. The van der Waals surface area contributed by atoms with Gasteiger partial charge in [-0.1, -0.05) is 184 Å². The lowest BCUT2D eigenvalue weighted by molar-refractivity contribution is -0.172. The summed E-state index contributed by atoms with van der Waals surface area (Å²) in [5.41, 5.74) is 15.2. The number of fused-ring (bicyclic) bond motifs is 3. The SMILES string of the molecule is CC[C@@H](NC(=O)OCC1c2ccccc2-c2ccccc21)C(OCc1ccccc1)OCc1ccccc1.CC[C@H](N)C(OCc1ccccc1)OCc1ccccc1. The molecule has 0 radical (unpaired) electrons. The molecule has 0 bridgehead atoms. The fourth-order valence-corrected chi connectivity index (χ4v) is 6.93. The molecule has 0 unspecified atom stereocenters. The van der Waals surface area contributed by atoms with Crippen LogP contribution in [0.4, 0.5) is 4.79 Å². The van der Waals surface area contributed by atoms with Gasteiger partial charge in [0.05, 0.1) is 38.5 Å². The number of hydrogen-bond acceptors (Lipinski definition) is 7. The molecule has 306 valence electrons. The normalized spacial score (nSPS) is 12.9. The summed E-state index contributed by atoms with van der Waals surface area (Å²) in [4.78, 5) is 13.0. The van der Waals surface area contributed by atoms with Crippen molar-refractivity contribution in [3.63, 3.8) is 0 Å². The molecule has 59 heavy (non-hydrogen) atoms. The topological polar surface area (TPSA) is 101 Å². The van der Waals surface area contributed by atoms with Crippen LogP contribution in [0.25, 0.3) is 11.1 Å². The Hall–Kier alpha value is -5.61. The zero-order chi connectivity index (χ0) is 41.1. The van der Waals surface area contributed by atoms with Crippen molar-refractivity contribution in [3.8, 4) is 11.1 Å². The minimum absolute atomic E-state index is 0.00712. The minimum atomic E-state index is -0.638. The smallest absolute Gasteiger partial charge is 0.407 e. The first kappa shape index (κ1) is 43.0. The van der Waals surface area contributed by atoms with E-state index in [1.165, 1.54) is 22.3 Å². The lowest BCUT2D eigenvalue weighted by atomic mass is 9.98. The van der Waals surface area contributed by atoms with Gasteiger partial charge in [-0.15, -0.1) is 0 Å². The summed E-state index contributed by atoms with van der Waals surface area (Å²) in [6, 6.07) is 56.1. The van der Waals surface area contributed by atoms with E-state index in [0.717, 1.165) is 28.7 Å². The van der Waals surface area contributed by atoms with Crippen molar-refractivity contribution in [1.29, 1.82) is 0 Å². The number of alkyl carbamates (subject to hydrolysis) is 1. The average molecular weight is 793 g/mol. The summed E-state index contributed by atoms with van der Waals surface area (Å²) in [6.45, 7) is 6.07. The first-order valence-electron chi connectivity index (χ1n) is 20.5. The summed E-state index contributed by atoms with van der Waals surface area (Å²) >= 11 is 0. The zero-order valence-electron chi connectivity index (χ0n) is 34.0. The molecular formula is C51H56N2O6. The molecule has 8 heteroatoms. The maximum Gasteiger partial charge on any atom is 0.407 e. The third-order valence-electron chi connectivity index (χ3n) is 10.3. The van der Waals surface area contributed by atoms with Crippen molar-refractivity contribution < 1.29 is 28.5 Å². The van der Waals surface area contributed by atoms with E-state index in [0.29, 0.717) is 32.8 Å². The highest BCUT2D eigenvalue weighted by molar-refractivity contribution is 5.79. The molecule has 0 saturated heterocycles. The Morgan fingerprint density at radius 1 is 0.508 bits per heavy atom. The van der Waals surface area contributed by atoms with E-state index in [-0.39, 0.29) is 24.6 Å². The van der Waals surface area contributed by atoms with Gasteiger partial charge in [0.1, 0.15) is 6.61 Å². The minimum Gasteiger partial charge on any atom is -0.449 e. The zero-order valence-corrected chi connectivity index (χ0v) is 34.0. The Bertz CT molecular complexity index is 1970. The standard InChI is InChI=1S/C33H33NO4.C18H23NO2/c1-2-31(32(36-21-24-13-5-3-6-14-24)37-22-25-15-7-4-8-16-25)34-33(35)38-23-30-28-19-11-9-17-26(28)27-18-10-12-20-29(27)30;1-2-17(19)18(20-13-15-9-5-3-6-10-15)21-14-16-11-7-4-8-12-16/h3-20,30-32H,2,21-23H2,1H3,(H,34,35);3-12,17-18H,2,13-14,19H2,1H3/t31-;17-/m10/s1. The molecule has 0 spiro atoms. The molecule has 7 rings (SSSR count). The molecule has 0 saturated carbocycles. The molecule has 1 aliphatic carbocycles. The van der Waals surface area contributed by atoms with Crippen molar-refractivity contribution >= 4 is 6.09 Å². The Kier molecular flexibility index (Phi) is 16.8. The van der Waals surface area contributed by atoms with Crippen LogP contribution in [-0.2, 0) is 50.1 Å². The predicted molar refractivity (Wildman–Crippen MR) is 233 cm³/mol. The molecule has 6 aromatic carbocycles. The molecule has 0 fully saturated rings. The molecule has 0 aliphatic heterocycles. The Balaban J connectivity index is 0.000000236. The molecular weight excluding hydrogens is 737 g/mol. The Labute approximate surface area is 349 Å². The van der Waals surface area contributed by atoms with Gasteiger partial charge in [0.15, 0.2) is 12.6 Å². The van der Waals surface area contributed by atoms with Crippen LogP contribution in [0.3, 0.4) is 0 Å². The highest BCUT2D eigenvalue weighted by atomic mass is 16.7. The summed E-state index contributed by atoms with van der Waals surface area (Å²) in [5.74, 6) is 0.00712. The van der Waals surface area contributed by atoms with Gasteiger partial charge < -0.3 is 34.7 Å². The number of carbonyl (C=O) groups is 1. The van der Waals surface area contributed by atoms with Crippen LogP contribution in [0.1, 0.15) is 66.0 Å². The lowest BCUT2D eigenvalue weighted by Crippen LogP contribution is -2.45. The highest BCUT2D eigenvalue weighted by Gasteiger charge is 2.30. The fraction of sp³-hybridized carbons (Fsp3) is 0.275. The maximum absolute atomic E-state index is 13.0. The van der Waals surface area contributed by atoms with Gasteiger partial charge in [-0.05, 0) is 57.3 Å². The first-order valence-corrected chi connectivity index (χ1v) is 20.5. The van der Waals surface area contributed by atoms with E-state index in [1.54, 1.807) is 0 Å². The molecule has 0 aromatic heterocycles. The Morgan fingerprint density at radius 3 is 1.24 bits per heavy atom. The molecule has 3 N–H and O–H groups in total. The molecule has 8 nitrogen and oxygen atoms in total. The van der Waals surface area contributed by atoms with Crippen molar-refractivity contribution in [2.75, 3.05) is 6.61 Å². The van der Waals surface area contributed by atoms with Crippen LogP contribution >= 0.6 is 0 Å². The summed E-state index contributed by atoms with van der Waals surface area (Å²) in [6.07, 6.45) is -0.0705.